The zero-order chi connectivity index (χ0) is 37.3. The van der Waals surface area contributed by atoms with Crippen LogP contribution in [0.3, 0.4) is 0 Å². The van der Waals surface area contributed by atoms with Gasteiger partial charge >= 0.3 is 6.09 Å². The van der Waals surface area contributed by atoms with Crippen LogP contribution in [-0.2, 0) is 13.5 Å². The Morgan fingerprint density at radius 3 is 2.56 bits per heavy atom. The van der Waals surface area contributed by atoms with Gasteiger partial charge in [-0.15, -0.1) is 29.1 Å². The molecule has 17 heteroatoms. The average molecular weight is 858 g/mol. The number of anilines is 2. The number of hydrogen-bond acceptors (Lipinski definition) is 8. The Morgan fingerprint density at radius 1 is 1.06 bits per heavy atom. The number of nitrogens with zero attached hydrogens (tertiary/aromatic N) is 8. The maximum atomic E-state index is 15.4. The number of amides is 2. The Balaban J connectivity index is 0.00000497. The average Bonchev–Trinajstić information content (AvgIpc) is 3.90. The number of halogens is 3. The van der Waals surface area contributed by atoms with E-state index in [4.69, 9.17) is 4.74 Å². The molecule has 3 N–H and O–H groups in total. The molecule has 1 atom stereocenters. The van der Waals surface area contributed by atoms with Gasteiger partial charge in [-0.25, -0.2) is 19.2 Å². The second-order valence-electron chi connectivity index (χ2n) is 14.3. The quantitative estimate of drug-likeness (QED) is 0.106. The summed E-state index contributed by atoms with van der Waals surface area (Å²) in [5.41, 5.74) is 2.87. The molecule has 54 heavy (non-hydrogen) atoms. The van der Waals surface area contributed by atoms with Gasteiger partial charge in [0.05, 0.1) is 38.6 Å². The number of benzene rings is 2. The lowest BCUT2D eigenvalue weighted by atomic mass is 9.93. The molecule has 2 amide bonds. The van der Waals surface area contributed by atoms with Crippen LogP contribution in [0, 0.1) is 23.5 Å². The first-order valence-corrected chi connectivity index (χ1v) is 17.8. The predicted octanol–water partition coefficient (Wildman–Crippen LogP) is 6.11. The third kappa shape index (κ3) is 8.25. The number of carbonyl (C=O) groups is 2. The van der Waals surface area contributed by atoms with Gasteiger partial charge in [-0.1, -0.05) is 6.92 Å². The topological polar surface area (TPSA) is 152 Å². The molecule has 14 nitrogen and oxygen atoms in total. The number of quaternary nitrogens is 1. The van der Waals surface area contributed by atoms with E-state index < -0.39 is 17.7 Å². The molecule has 0 bridgehead atoms. The summed E-state index contributed by atoms with van der Waals surface area (Å²) in [6.45, 7) is 6.86. The van der Waals surface area contributed by atoms with Crippen molar-refractivity contribution in [2.24, 2.45) is 18.9 Å². The van der Waals surface area contributed by atoms with Gasteiger partial charge in [0.25, 0.3) is 11.8 Å². The monoisotopic (exact) mass is 857 g/mol. The first-order chi connectivity index (χ1) is 25.5. The van der Waals surface area contributed by atoms with E-state index >= 15 is 8.78 Å². The van der Waals surface area contributed by atoms with Gasteiger partial charge in [-0.3, -0.25) is 9.20 Å². The van der Waals surface area contributed by atoms with Gasteiger partial charge in [-0.05, 0) is 54.7 Å². The molecule has 1 unspecified atom stereocenters. The third-order valence-electron chi connectivity index (χ3n) is 10.5. The number of carbonyl (C=O) groups excluding carboxylic acids is 1. The molecule has 3 aromatic heterocycles. The normalized spacial score (nSPS) is 19.8. The minimum absolute atomic E-state index is 0. The fraction of sp³-hybridized carbons (Fsp3) is 0.405. The molecule has 5 heterocycles. The number of aromatic nitrogens is 6. The second kappa shape index (κ2) is 16.2. The van der Waals surface area contributed by atoms with Crippen LogP contribution in [0.5, 0.6) is 11.6 Å². The molecule has 2 aliphatic heterocycles. The Morgan fingerprint density at radius 2 is 1.85 bits per heavy atom. The predicted molar refractivity (Wildman–Crippen MR) is 207 cm³/mol. The Labute approximate surface area is 328 Å². The maximum absolute atomic E-state index is 15.4. The summed E-state index contributed by atoms with van der Waals surface area (Å²) in [6, 6.07) is 8.26. The molecule has 7 rings (SSSR count). The molecule has 0 radical (unpaired) electrons. The Bertz CT molecular complexity index is 2150. The number of ether oxygens (including phenoxy) is 1. The number of hydrogen-bond donors (Lipinski definition) is 3. The van der Waals surface area contributed by atoms with Crippen LogP contribution in [0.15, 0.2) is 55.1 Å². The number of piperidine rings is 1. The molecule has 0 aliphatic carbocycles. The van der Waals surface area contributed by atoms with Crippen molar-refractivity contribution in [3.8, 4) is 22.9 Å². The van der Waals surface area contributed by atoms with Crippen molar-refractivity contribution in [2.75, 3.05) is 51.6 Å². The SMILES string of the molecule is CCc1cc(Nc2nccn3c(-c4ccc(Oc5cnn(C)n5)c(F)c4F)cnc23)ccc1C(=O)NCC1CC[N+](C)(CC2CCN(C(=O)O)C2)CC1.I. The van der Waals surface area contributed by atoms with Crippen molar-refractivity contribution in [1.82, 2.24) is 39.6 Å². The van der Waals surface area contributed by atoms with E-state index in [2.05, 4.69) is 37.8 Å². The van der Waals surface area contributed by atoms with Crippen molar-refractivity contribution in [3.05, 3.63) is 77.9 Å². The van der Waals surface area contributed by atoms with E-state index in [1.165, 1.54) is 40.4 Å². The molecule has 2 aromatic carbocycles. The summed E-state index contributed by atoms with van der Waals surface area (Å²) in [6.07, 6.45) is 8.65. The zero-order valence-corrected chi connectivity index (χ0v) is 32.7. The van der Waals surface area contributed by atoms with Crippen LogP contribution in [-0.4, -0.2) is 102 Å². The summed E-state index contributed by atoms with van der Waals surface area (Å²) < 4.78 is 38.4. The van der Waals surface area contributed by atoms with E-state index in [1.54, 1.807) is 23.7 Å². The van der Waals surface area contributed by atoms with Crippen LogP contribution in [0.4, 0.5) is 25.1 Å². The van der Waals surface area contributed by atoms with Crippen molar-refractivity contribution < 1.29 is 32.7 Å². The highest BCUT2D eigenvalue weighted by molar-refractivity contribution is 14.0. The van der Waals surface area contributed by atoms with Crippen LogP contribution in [0.2, 0.25) is 0 Å². The first-order valence-electron chi connectivity index (χ1n) is 17.8. The lowest BCUT2D eigenvalue weighted by Crippen LogP contribution is -2.53. The van der Waals surface area contributed by atoms with Crippen molar-refractivity contribution in [2.45, 2.75) is 32.6 Å². The molecule has 0 saturated carbocycles. The molecule has 0 spiro atoms. The van der Waals surface area contributed by atoms with Crippen molar-refractivity contribution >= 4 is 53.1 Å². The minimum Gasteiger partial charge on any atom is -0.465 e. The van der Waals surface area contributed by atoms with Crippen LogP contribution in [0.25, 0.3) is 16.9 Å². The van der Waals surface area contributed by atoms with Crippen molar-refractivity contribution in [1.29, 1.82) is 0 Å². The van der Waals surface area contributed by atoms with Gasteiger partial charge in [-0.2, -0.15) is 14.3 Å². The van der Waals surface area contributed by atoms with Crippen LogP contribution in [0.1, 0.15) is 42.1 Å². The number of likely N-dealkylation sites (tertiary alicyclic amines) is 2. The molecule has 286 valence electrons. The second-order valence-corrected chi connectivity index (χ2v) is 14.3. The van der Waals surface area contributed by atoms with E-state index in [0.717, 1.165) is 48.9 Å². The maximum Gasteiger partial charge on any atom is 0.407 e. The van der Waals surface area contributed by atoms with Crippen LogP contribution < -0.4 is 15.4 Å². The summed E-state index contributed by atoms with van der Waals surface area (Å²) in [4.78, 5) is 36.4. The zero-order valence-electron chi connectivity index (χ0n) is 30.3. The molecule has 2 aliphatic rings. The lowest BCUT2D eigenvalue weighted by molar-refractivity contribution is -0.918. The van der Waals surface area contributed by atoms with Gasteiger partial charge in [0.2, 0.25) is 5.82 Å². The van der Waals surface area contributed by atoms with Crippen LogP contribution >= 0.6 is 24.0 Å². The van der Waals surface area contributed by atoms with Gasteiger partial charge in [0.15, 0.2) is 23.0 Å². The third-order valence-corrected chi connectivity index (χ3v) is 10.5. The number of imidazole rings is 1. The smallest absolute Gasteiger partial charge is 0.407 e. The largest absolute Gasteiger partial charge is 0.465 e. The summed E-state index contributed by atoms with van der Waals surface area (Å²) in [7, 11) is 3.85. The summed E-state index contributed by atoms with van der Waals surface area (Å²) in [5, 5.41) is 23.6. The fourth-order valence-corrected chi connectivity index (χ4v) is 7.57. The number of fused-ring (bicyclic) bond motifs is 1. The Kier molecular flexibility index (Phi) is 11.7. The number of rotatable bonds is 11. The number of carboxylic acid groups (broad SMARTS) is 1. The van der Waals surface area contributed by atoms with E-state index in [9.17, 15) is 14.7 Å². The van der Waals surface area contributed by atoms with Gasteiger partial charge < -0.3 is 29.9 Å². The van der Waals surface area contributed by atoms with E-state index in [-0.39, 0.29) is 47.1 Å². The summed E-state index contributed by atoms with van der Waals surface area (Å²) in [5.74, 6) is -1.48. The molecule has 5 aromatic rings. The number of nitrogens with one attached hydrogen (secondary N) is 2. The molecule has 2 saturated heterocycles. The standard InChI is InChI=1S/C37H42F2N10O4.HI/c1-4-25-17-26(5-6-27(25)36(50)42-18-23-10-15-49(3,16-11-23)22-24-9-13-47(21-24)37(51)52)44-34-35-41-19-29(48(35)14-12-40-34)28-7-8-30(33(39)32(28)38)53-31-20-43-46(2)45-31;/h5-8,12,14,17,19-20,23-24H,4,9-11,13,15-16,18,21-22H2,1-3H3,(H2-,40,42,44,50,51,52);1H/p+1. The first kappa shape index (κ1) is 38.8. The minimum atomic E-state index is -1.17. The van der Waals surface area contributed by atoms with E-state index in [1.807, 2.05) is 19.1 Å². The lowest BCUT2D eigenvalue weighted by Gasteiger charge is -2.42. The highest BCUT2D eigenvalue weighted by Crippen LogP contribution is 2.33. The molecule has 2 fully saturated rings. The highest BCUT2D eigenvalue weighted by atomic mass is 127. The van der Waals surface area contributed by atoms with E-state index in [0.29, 0.717) is 66.3 Å². The summed E-state index contributed by atoms with van der Waals surface area (Å²) >= 11 is 0. The highest BCUT2D eigenvalue weighted by Gasteiger charge is 2.36. The molecular formula is C37H44F2IN10O4+. The number of aryl methyl sites for hydroxylation is 2. The van der Waals surface area contributed by atoms with Gasteiger partial charge in [0.1, 0.15) is 6.20 Å². The van der Waals surface area contributed by atoms with Gasteiger partial charge in [0, 0.05) is 74.6 Å². The fourth-order valence-electron chi connectivity index (χ4n) is 7.57. The van der Waals surface area contributed by atoms with Crippen molar-refractivity contribution in [3.63, 3.8) is 0 Å². The molecular weight excluding hydrogens is 813 g/mol. The Hall–Kier alpha value is -4.91.